The van der Waals surface area contributed by atoms with Crippen LogP contribution in [0.5, 0.6) is 0 Å². The highest BCUT2D eigenvalue weighted by Gasteiger charge is 2.18. The molecule has 1 saturated heterocycles. The predicted molar refractivity (Wildman–Crippen MR) is 69.9 cm³/mol. The molecule has 1 aliphatic rings. The quantitative estimate of drug-likeness (QED) is 0.778. The van der Waals surface area contributed by atoms with Gasteiger partial charge in [0.25, 0.3) is 0 Å². The Morgan fingerprint density at radius 1 is 1.29 bits per heavy atom. The standard InChI is InChI=1S/C13H18N4/c1-2-16-6-8-17(9-7-16)13-5-3-4-12(15)11(13)10-14/h3-5H,2,6-9,15H2,1H3. The lowest BCUT2D eigenvalue weighted by Crippen LogP contribution is -2.46. The van der Waals surface area contributed by atoms with Crippen LogP contribution >= 0.6 is 0 Å². The highest BCUT2D eigenvalue weighted by molar-refractivity contribution is 5.70. The van der Waals surface area contributed by atoms with Gasteiger partial charge in [0.1, 0.15) is 6.07 Å². The molecule has 0 radical (unpaired) electrons. The smallest absolute Gasteiger partial charge is 0.104 e. The van der Waals surface area contributed by atoms with Crippen LogP contribution in [-0.4, -0.2) is 37.6 Å². The Morgan fingerprint density at radius 3 is 2.59 bits per heavy atom. The molecule has 2 rings (SSSR count). The Kier molecular flexibility index (Phi) is 3.50. The summed E-state index contributed by atoms with van der Waals surface area (Å²) < 4.78 is 0. The van der Waals surface area contributed by atoms with E-state index in [4.69, 9.17) is 11.0 Å². The molecule has 0 aliphatic carbocycles. The van der Waals surface area contributed by atoms with Gasteiger partial charge in [0, 0.05) is 26.2 Å². The first-order valence-electron chi connectivity index (χ1n) is 6.02. The van der Waals surface area contributed by atoms with Crippen molar-refractivity contribution in [3.8, 4) is 6.07 Å². The number of nitriles is 1. The molecule has 4 heteroatoms. The summed E-state index contributed by atoms with van der Waals surface area (Å²) in [5.41, 5.74) is 7.99. The van der Waals surface area contributed by atoms with Gasteiger partial charge in [-0.25, -0.2) is 0 Å². The first-order chi connectivity index (χ1) is 8.26. The fourth-order valence-electron chi connectivity index (χ4n) is 2.25. The molecule has 2 N–H and O–H groups in total. The first-order valence-corrected chi connectivity index (χ1v) is 6.02. The third kappa shape index (κ3) is 2.34. The molecule has 0 spiro atoms. The van der Waals surface area contributed by atoms with Crippen LogP contribution in [0.15, 0.2) is 18.2 Å². The summed E-state index contributed by atoms with van der Waals surface area (Å²) in [6.07, 6.45) is 0. The van der Waals surface area contributed by atoms with E-state index >= 15 is 0 Å². The lowest BCUT2D eigenvalue weighted by Gasteiger charge is -2.36. The minimum atomic E-state index is 0.572. The summed E-state index contributed by atoms with van der Waals surface area (Å²) in [7, 11) is 0. The van der Waals surface area contributed by atoms with E-state index < -0.39 is 0 Å². The molecule has 0 atom stereocenters. The zero-order chi connectivity index (χ0) is 12.3. The van der Waals surface area contributed by atoms with Crippen LogP contribution in [0.25, 0.3) is 0 Å². The number of hydrogen-bond donors (Lipinski definition) is 1. The second-order valence-electron chi connectivity index (χ2n) is 4.27. The van der Waals surface area contributed by atoms with Crippen LogP contribution in [0.3, 0.4) is 0 Å². The van der Waals surface area contributed by atoms with Gasteiger partial charge in [0.15, 0.2) is 0 Å². The maximum Gasteiger partial charge on any atom is 0.104 e. The maximum atomic E-state index is 9.16. The van der Waals surface area contributed by atoms with E-state index in [0.717, 1.165) is 38.4 Å². The van der Waals surface area contributed by atoms with Gasteiger partial charge in [-0.3, -0.25) is 0 Å². The van der Waals surface area contributed by atoms with Crippen LogP contribution in [0.2, 0.25) is 0 Å². The molecule has 0 amide bonds. The number of likely N-dealkylation sites (N-methyl/N-ethyl adjacent to an activating group) is 1. The van der Waals surface area contributed by atoms with Gasteiger partial charge in [-0.2, -0.15) is 5.26 Å². The van der Waals surface area contributed by atoms with Gasteiger partial charge in [-0.15, -0.1) is 0 Å². The van der Waals surface area contributed by atoms with Crippen molar-refractivity contribution in [2.45, 2.75) is 6.92 Å². The van der Waals surface area contributed by atoms with E-state index in [2.05, 4.69) is 22.8 Å². The largest absolute Gasteiger partial charge is 0.398 e. The monoisotopic (exact) mass is 230 g/mol. The van der Waals surface area contributed by atoms with Gasteiger partial charge in [-0.1, -0.05) is 13.0 Å². The summed E-state index contributed by atoms with van der Waals surface area (Å²) in [5, 5.41) is 9.16. The summed E-state index contributed by atoms with van der Waals surface area (Å²) in [6.45, 7) is 7.30. The van der Waals surface area contributed by atoms with E-state index in [0.29, 0.717) is 11.3 Å². The zero-order valence-corrected chi connectivity index (χ0v) is 10.2. The number of anilines is 2. The average Bonchev–Trinajstić information content (AvgIpc) is 2.38. The van der Waals surface area contributed by atoms with Crippen molar-refractivity contribution in [2.24, 2.45) is 0 Å². The molecule has 0 saturated carbocycles. The summed E-state index contributed by atoms with van der Waals surface area (Å²) in [4.78, 5) is 4.66. The molecule has 1 heterocycles. The second kappa shape index (κ2) is 5.07. The van der Waals surface area contributed by atoms with Crippen LogP contribution < -0.4 is 10.6 Å². The third-order valence-electron chi connectivity index (χ3n) is 3.35. The van der Waals surface area contributed by atoms with Crippen molar-refractivity contribution in [3.05, 3.63) is 23.8 Å². The predicted octanol–water partition coefficient (Wildman–Crippen LogP) is 1.28. The first kappa shape index (κ1) is 11.7. The van der Waals surface area contributed by atoms with E-state index in [-0.39, 0.29) is 0 Å². The minimum absolute atomic E-state index is 0.572. The molecule has 1 aromatic rings. The molecule has 1 fully saturated rings. The van der Waals surface area contributed by atoms with Gasteiger partial charge in [0.2, 0.25) is 0 Å². The van der Waals surface area contributed by atoms with Crippen molar-refractivity contribution >= 4 is 11.4 Å². The van der Waals surface area contributed by atoms with Crippen molar-refractivity contribution < 1.29 is 0 Å². The molecular weight excluding hydrogens is 212 g/mol. The molecule has 1 aliphatic heterocycles. The lowest BCUT2D eigenvalue weighted by atomic mass is 10.1. The zero-order valence-electron chi connectivity index (χ0n) is 10.2. The van der Waals surface area contributed by atoms with Crippen LogP contribution in [0.4, 0.5) is 11.4 Å². The Morgan fingerprint density at radius 2 is 2.00 bits per heavy atom. The third-order valence-corrected chi connectivity index (χ3v) is 3.35. The van der Waals surface area contributed by atoms with Gasteiger partial charge in [-0.05, 0) is 18.7 Å². The highest BCUT2D eigenvalue weighted by Crippen LogP contribution is 2.25. The minimum Gasteiger partial charge on any atom is -0.398 e. The summed E-state index contributed by atoms with van der Waals surface area (Å²) in [6, 6.07) is 7.89. The molecule has 4 nitrogen and oxygen atoms in total. The Labute approximate surface area is 102 Å². The summed E-state index contributed by atoms with van der Waals surface area (Å²) >= 11 is 0. The Hall–Kier alpha value is -1.73. The SMILES string of the molecule is CCN1CCN(c2cccc(N)c2C#N)CC1. The number of hydrogen-bond acceptors (Lipinski definition) is 4. The molecule has 17 heavy (non-hydrogen) atoms. The van der Waals surface area contributed by atoms with E-state index in [9.17, 15) is 0 Å². The second-order valence-corrected chi connectivity index (χ2v) is 4.27. The Bertz CT molecular complexity index is 428. The van der Waals surface area contributed by atoms with Crippen LogP contribution in [-0.2, 0) is 0 Å². The van der Waals surface area contributed by atoms with Crippen molar-refractivity contribution in [3.63, 3.8) is 0 Å². The molecule has 0 unspecified atom stereocenters. The van der Waals surface area contributed by atoms with Crippen molar-refractivity contribution in [2.75, 3.05) is 43.4 Å². The maximum absolute atomic E-state index is 9.16. The van der Waals surface area contributed by atoms with Crippen molar-refractivity contribution in [1.82, 2.24) is 4.90 Å². The fraction of sp³-hybridized carbons (Fsp3) is 0.462. The average molecular weight is 230 g/mol. The Balaban J connectivity index is 2.19. The molecule has 1 aromatic carbocycles. The fourth-order valence-corrected chi connectivity index (χ4v) is 2.25. The normalized spacial score (nSPS) is 16.8. The topological polar surface area (TPSA) is 56.3 Å². The van der Waals surface area contributed by atoms with Crippen LogP contribution in [0, 0.1) is 11.3 Å². The number of nitrogens with two attached hydrogens (primary N) is 1. The number of rotatable bonds is 2. The van der Waals surface area contributed by atoms with E-state index in [1.807, 2.05) is 12.1 Å². The van der Waals surface area contributed by atoms with Gasteiger partial charge >= 0.3 is 0 Å². The number of nitrogens with zero attached hydrogens (tertiary/aromatic N) is 3. The molecule has 0 bridgehead atoms. The number of nitrogen functional groups attached to an aromatic ring is 1. The highest BCUT2D eigenvalue weighted by atomic mass is 15.3. The van der Waals surface area contributed by atoms with Crippen molar-refractivity contribution in [1.29, 1.82) is 5.26 Å². The van der Waals surface area contributed by atoms with E-state index in [1.54, 1.807) is 6.07 Å². The lowest BCUT2D eigenvalue weighted by molar-refractivity contribution is 0.271. The molecular formula is C13H18N4. The van der Waals surface area contributed by atoms with E-state index in [1.165, 1.54) is 0 Å². The number of benzene rings is 1. The molecule has 0 aromatic heterocycles. The molecule has 90 valence electrons. The van der Waals surface area contributed by atoms with Gasteiger partial charge in [0.05, 0.1) is 16.9 Å². The van der Waals surface area contributed by atoms with Gasteiger partial charge < -0.3 is 15.5 Å². The number of piperazine rings is 1. The summed E-state index contributed by atoms with van der Waals surface area (Å²) in [5.74, 6) is 0. The van der Waals surface area contributed by atoms with Crippen LogP contribution in [0.1, 0.15) is 12.5 Å².